The molecule has 0 amide bonds. The summed E-state index contributed by atoms with van der Waals surface area (Å²) in [6.45, 7) is 13.5. The molecule has 0 fully saturated rings. The van der Waals surface area contributed by atoms with E-state index in [0.717, 1.165) is 0 Å². The van der Waals surface area contributed by atoms with Crippen LogP contribution in [0.5, 0.6) is 0 Å². The van der Waals surface area contributed by atoms with E-state index >= 15 is 0 Å². The van der Waals surface area contributed by atoms with Crippen LogP contribution in [0.4, 0.5) is 0 Å². The first kappa shape index (κ1) is 16.5. The van der Waals surface area contributed by atoms with E-state index in [0.29, 0.717) is 0 Å². The van der Waals surface area contributed by atoms with Crippen LogP contribution in [-0.2, 0) is 19.5 Å². The van der Waals surface area contributed by atoms with Crippen molar-refractivity contribution in [3.8, 4) is 0 Å². The van der Waals surface area contributed by atoms with Crippen LogP contribution < -0.4 is 0 Å². The number of allylic oxidation sites excluding steroid dienone is 1. The van der Waals surface area contributed by atoms with Gasteiger partial charge in [0.25, 0.3) is 0 Å². The smallest absolute Gasteiger partial charge is 0.521 e. The summed E-state index contributed by atoms with van der Waals surface area (Å²) < 4.78 is 0. The van der Waals surface area contributed by atoms with E-state index < -0.39 is 0 Å². The van der Waals surface area contributed by atoms with Crippen LogP contribution in [0.1, 0.15) is 6.92 Å². The summed E-state index contributed by atoms with van der Waals surface area (Å²) in [6.07, 6.45) is 1.50. The summed E-state index contributed by atoms with van der Waals surface area (Å²) in [7, 11) is 0. The van der Waals surface area contributed by atoms with Gasteiger partial charge in [-0.05, 0) is 0 Å². The molecule has 0 unspecified atom stereocenters. The van der Waals surface area contributed by atoms with Gasteiger partial charge in [-0.1, -0.05) is 6.92 Å². The molecule has 0 spiro atoms. The standard InChI is InChI=1S/C3H5.C2H3.Zn/c1-3-2;1-2;/h1,3H,2H3;1H,2H2;/q2*-1;+2. The average molecular weight is 134 g/mol. The minimum Gasteiger partial charge on any atom is -0.521 e. The second-order valence-electron chi connectivity index (χ2n) is 0.333. The predicted octanol–water partition coefficient (Wildman–Crippen LogP) is 1.60. The average Bonchev–Trinajstić information content (AvgIpc) is 1.46. The molecule has 0 rings (SSSR count). The van der Waals surface area contributed by atoms with E-state index in [1.54, 1.807) is 6.92 Å². The Morgan fingerprint density at radius 3 is 1.50 bits per heavy atom. The van der Waals surface area contributed by atoms with Crippen molar-refractivity contribution in [2.24, 2.45) is 0 Å². The van der Waals surface area contributed by atoms with Crippen LogP contribution in [0.15, 0.2) is 12.7 Å². The second kappa shape index (κ2) is 70.6. The monoisotopic (exact) mass is 132 g/mol. The van der Waals surface area contributed by atoms with E-state index in [-0.39, 0.29) is 19.5 Å². The van der Waals surface area contributed by atoms with Gasteiger partial charge in [-0.2, -0.15) is 0 Å². The first-order chi connectivity index (χ1) is 2.41. The predicted molar refractivity (Wildman–Crippen MR) is 24.5 cm³/mol. The molecule has 0 aromatic rings. The molecule has 0 aliphatic heterocycles. The number of rotatable bonds is 0. The Morgan fingerprint density at radius 2 is 1.50 bits per heavy atom. The van der Waals surface area contributed by atoms with E-state index in [1.165, 1.54) is 6.08 Å². The summed E-state index contributed by atoms with van der Waals surface area (Å²) >= 11 is 0. The van der Waals surface area contributed by atoms with Crippen LogP contribution in [-0.4, -0.2) is 0 Å². The Balaban J connectivity index is -0.0000000275. The molecule has 0 nitrogen and oxygen atoms in total. The Kier molecular flexibility index (Phi) is 194. The number of hydrogen-bond acceptors (Lipinski definition) is 0. The maximum atomic E-state index is 4.72. The van der Waals surface area contributed by atoms with Crippen LogP contribution in [0.25, 0.3) is 0 Å². The number of hydrogen-bond donors (Lipinski definition) is 0. The molecule has 0 heterocycles. The molecule has 1 heteroatoms. The van der Waals surface area contributed by atoms with Crippen molar-refractivity contribution in [3.63, 3.8) is 0 Å². The second-order valence-corrected chi connectivity index (χ2v) is 0.333. The van der Waals surface area contributed by atoms with Crippen LogP contribution in [0, 0.1) is 13.2 Å². The van der Waals surface area contributed by atoms with E-state index in [9.17, 15) is 0 Å². The van der Waals surface area contributed by atoms with Gasteiger partial charge in [0.2, 0.25) is 0 Å². The minimum absolute atomic E-state index is 0. The van der Waals surface area contributed by atoms with Gasteiger partial charge in [0.1, 0.15) is 0 Å². The Morgan fingerprint density at radius 1 is 1.50 bits per heavy atom. The van der Waals surface area contributed by atoms with Gasteiger partial charge < -0.3 is 13.2 Å². The summed E-state index contributed by atoms with van der Waals surface area (Å²) in [5.74, 6) is 0. The fourth-order valence-electron chi connectivity index (χ4n) is 0. The summed E-state index contributed by atoms with van der Waals surface area (Å²) in [6, 6.07) is 0. The van der Waals surface area contributed by atoms with Gasteiger partial charge in [0.05, 0.1) is 0 Å². The van der Waals surface area contributed by atoms with Gasteiger partial charge in [0, 0.05) is 0 Å². The van der Waals surface area contributed by atoms with Crippen molar-refractivity contribution in [1.29, 1.82) is 0 Å². The minimum atomic E-state index is 0. The molecule has 0 atom stereocenters. The maximum absolute atomic E-state index is 4.72. The molecule has 30 valence electrons. The first-order valence-electron chi connectivity index (χ1n) is 1.32. The zero-order chi connectivity index (χ0) is 4.71. The molecule has 0 radical (unpaired) electrons. The van der Waals surface area contributed by atoms with E-state index in [4.69, 9.17) is 6.58 Å². The van der Waals surface area contributed by atoms with Crippen molar-refractivity contribution < 1.29 is 19.5 Å². The summed E-state index contributed by atoms with van der Waals surface area (Å²) in [4.78, 5) is 0. The summed E-state index contributed by atoms with van der Waals surface area (Å²) in [5.41, 5.74) is 0. The van der Waals surface area contributed by atoms with E-state index in [1.807, 2.05) is 0 Å². The van der Waals surface area contributed by atoms with Gasteiger partial charge in [-0.15, -0.1) is 0 Å². The van der Waals surface area contributed by atoms with Gasteiger partial charge in [0.15, 0.2) is 0 Å². The first-order valence-corrected chi connectivity index (χ1v) is 1.32. The zero-order valence-electron chi connectivity index (χ0n) is 4.15. The molecule has 0 aromatic carbocycles. The summed E-state index contributed by atoms with van der Waals surface area (Å²) in [5, 5.41) is 0. The third-order valence-corrected chi connectivity index (χ3v) is 0. The molecular formula is C5H8Zn. The normalized spacial score (nSPS) is 2.83. The van der Waals surface area contributed by atoms with Crippen LogP contribution >= 0.6 is 0 Å². The molecule has 0 N–H and O–H groups in total. The molecule has 6 heavy (non-hydrogen) atoms. The third-order valence-electron chi connectivity index (χ3n) is 0. The molecule has 0 aliphatic carbocycles. The Hall–Kier alpha value is 0.103. The fourth-order valence-corrected chi connectivity index (χ4v) is 0. The van der Waals surface area contributed by atoms with Crippen molar-refractivity contribution >= 4 is 0 Å². The fraction of sp³-hybridized carbons (Fsp3) is 0.200. The topological polar surface area (TPSA) is 0 Å². The molecule has 0 saturated carbocycles. The van der Waals surface area contributed by atoms with Crippen molar-refractivity contribution in [1.82, 2.24) is 0 Å². The molecule has 0 saturated heterocycles. The third kappa shape index (κ3) is 3700. The Bertz CT molecular complexity index is 17.9. The SMILES string of the molecule is [CH-]=C.[CH-]=CC.[Zn+2]. The van der Waals surface area contributed by atoms with Crippen LogP contribution in [0.3, 0.4) is 0 Å². The van der Waals surface area contributed by atoms with Crippen molar-refractivity contribution in [2.45, 2.75) is 6.92 Å². The van der Waals surface area contributed by atoms with Gasteiger partial charge >= 0.3 is 19.5 Å². The quantitative estimate of drug-likeness (QED) is 0.348. The van der Waals surface area contributed by atoms with E-state index in [2.05, 4.69) is 13.2 Å². The van der Waals surface area contributed by atoms with Crippen LogP contribution in [0.2, 0.25) is 0 Å². The molecule has 0 aromatic heterocycles. The molecular weight excluding hydrogens is 125 g/mol. The zero-order valence-corrected chi connectivity index (χ0v) is 7.11. The molecule has 0 bridgehead atoms. The Labute approximate surface area is 52.7 Å². The molecule has 0 aliphatic rings. The van der Waals surface area contributed by atoms with Crippen molar-refractivity contribution in [2.75, 3.05) is 0 Å². The largest absolute Gasteiger partial charge is 2.00 e. The van der Waals surface area contributed by atoms with Gasteiger partial charge in [-0.3, -0.25) is 12.7 Å². The maximum Gasteiger partial charge on any atom is 2.00 e. The van der Waals surface area contributed by atoms with Crippen molar-refractivity contribution in [3.05, 3.63) is 25.8 Å². The van der Waals surface area contributed by atoms with Gasteiger partial charge in [-0.25, -0.2) is 0 Å².